The third-order valence-corrected chi connectivity index (χ3v) is 3.77. The van der Waals surface area contributed by atoms with Gasteiger partial charge in [-0.05, 0) is 38.2 Å². The molecule has 1 aromatic carbocycles. The Morgan fingerprint density at radius 1 is 0.962 bits per heavy atom. The number of guanidine groups is 1. The minimum atomic E-state index is 0. The molecule has 0 aliphatic carbocycles. The van der Waals surface area contributed by atoms with Crippen LogP contribution in [0, 0.1) is 0 Å². The predicted octanol–water partition coefficient (Wildman–Crippen LogP) is 3.63. The van der Waals surface area contributed by atoms with Gasteiger partial charge >= 0.3 is 0 Å². The number of hydrogen-bond acceptors (Lipinski definition) is 3. The second kappa shape index (κ2) is 18.9. The van der Waals surface area contributed by atoms with Crippen molar-refractivity contribution in [3.05, 3.63) is 35.9 Å². The maximum atomic E-state index is 5.44. The van der Waals surface area contributed by atoms with Crippen LogP contribution < -0.4 is 10.6 Å². The number of nitrogens with one attached hydrogen (secondary N) is 2. The molecular formula is C20H36IN3O2. The Labute approximate surface area is 176 Å². The normalized spacial score (nSPS) is 11.1. The summed E-state index contributed by atoms with van der Waals surface area (Å²) in [5, 5.41) is 6.70. The van der Waals surface area contributed by atoms with Crippen molar-refractivity contribution in [2.24, 2.45) is 4.99 Å². The summed E-state index contributed by atoms with van der Waals surface area (Å²) in [6, 6.07) is 10.7. The zero-order chi connectivity index (χ0) is 18.0. The molecule has 0 saturated carbocycles. The van der Waals surface area contributed by atoms with E-state index in [1.807, 2.05) is 0 Å². The van der Waals surface area contributed by atoms with Crippen molar-refractivity contribution < 1.29 is 9.47 Å². The van der Waals surface area contributed by atoms with E-state index >= 15 is 0 Å². The Bertz CT molecular complexity index is 444. The van der Waals surface area contributed by atoms with E-state index in [2.05, 4.69) is 52.9 Å². The molecule has 0 atom stereocenters. The molecule has 5 nitrogen and oxygen atoms in total. The van der Waals surface area contributed by atoms with Crippen molar-refractivity contribution in [2.75, 3.05) is 46.6 Å². The molecule has 1 aromatic rings. The molecule has 0 unspecified atom stereocenters. The average molecular weight is 477 g/mol. The third-order valence-electron chi connectivity index (χ3n) is 3.77. The topological polar surface area (TPSA) is 54.9 Å². The van der Waals surface area contributed by atoms with Crippen LogP contribution in [0.15, 0.2) is 35.3 Å². The zero-order valence-corrected chi connectivity index (χ0v) is 18.7. The second-order valence-electron chi connectivity index (χ2n) is 5.94. The Hall–Kier alpha value is -0.860. The number of unbranched alkanes of at least 4 members (excludes halogenated alkanes) is 2. The Balaban J connectivity index is 0.00000625. The van der Waals surface area contributed by atoms with Crippen LogP contribution in [0.25, 0.3) is 0 Å². The van der Waals surface area contributed by atoms with Crippen LogP contribution in [-0.2, 0) is 15.9 Å². The predicted molar refractivity (Wildman–Crippen MR) is 121 cm³/mol. The highest BCUT2D eigenvalue weighted by Gasteiger charge is 1.97. The first-order chi connectivity index (χ1) is 12.4. The van der Waals surface area contributed by atoms with Crippen LogP contribution in [0.4, 0.5) is 0 Å². The second-order valence-corrected chi connectivity index (χ2v) is 5.94. The van der Waals surface area contributed by atoms with Crippen molar-refractivity contribution >= 4 is 29.9 Å². The number of aryl methyl sites for hydroxylation is 1. The number of ether oxygens (including phenoxy) is 2. The van der Waals surface area contributed by atoms with Gasteiger partial charge in [-0.25, -0.2) is 0 Å². The van der Waals surface area contributed by atoms with E-state index in [0.29, 0.717) is 13.2 Å². The molecule has 0 saturated heterocycles. The molecule has 0 amide bonds. The molecule has 0 heterocycles. The molecule has 0 bridgehead atoms. The van der Waals surface area contributed by atoms with Gasteiger partial charge in [0.25, 0.3) is 0 Å². The van der Waals surface area contributed by atoms with E-state index in [4.69, 9.17) is 9.47 Å². The summed E-state index contributed by atoms with van der Waals surface area (Å²) in [5.74, 6) is 0.905. The van der Waals surface area contributed by atoms with Crippen LogP contribution in [0.5, 0.6) is 0 Å². The highest BCUT2D eigenvalue weighted by molar-refractivity contribution is 14.0. The summed E-state index contributed by atoms with van der Waals surface area (Å²) >= 11 is 0. The maximum absolute atomic E-state index is 5.44. The molecule has 6 heteroatoms. The number of aliphatic imine (C=N–C) groups is 1. The van der Waals surface area contributed by atoms with Gasteiger partial charge in [0, 0.05) is 33.4 Å². The van der Waals surface area contributed by atoms with Crippen molar-refractivity contribution in [3.63, 3.8) is 0 Å². The van der Waals surface area contributed by atoms with Crippen LogP contribution >= 0.6 is 24.0 Å². The fourth-order valence-electron chi connectivity index (χ4n) is 2.43. The van der Waals surface area contributed by atoms with Gasteiger partial charge in [0.05, 0.1) is 13.2 Å². The number of halogens is 1. The van der Waals surface area contributed by atoms with Gasteiger partial charge in [-0.15, -0.1) is 24.0 Å². The lowest BCUT2D eigenvalue weighted by molar-refractivity contribution is 0.0702. The molecule has 0 aromatic heterocycles. The average Bonchev–Trinajstić information content (AvgIpc) is 2.64. The number of nitrogens with zero attached hydrogens (tertiary/aromatic N) is 1. The Morgan fingerprint density at radius 2 is 1.77 bits per heavy atom. The molecule has 2 N–H and O–H groups in total. The van der Waals surface area contributed by atoms with E-state index in [1.165, 1.54) is 18.4 Å². The van der Waals surface area contributed by atoms with Crippen LogP contribution in [0.1, 0.15) is 38.2 Å². The first-order valence-electron chi connectivity index (χ1n) is 9.49. The fourth-order valence-corrected chi connectivity index (χ4v) is 2.43. The van der Waals surface area contributed by atoms with E-state index in [0.717, 1.165) is 51.5 Å². The lowest BCUT2D eigenvalue weighted by atomic mass is 10.1. The fraction of sp³-hybridized carbons (Fsp3) is 0.650. The lowest BCUT2D eigenvalue weighted by Gasteiger charge is -2.11. The molecule has 0 aliphatic rings. The van der Waals surface area contributed by atoms with Crippen molar-refractivity contribution in [1.82, 2.24) is 10.6 Å². The summed E-state index contributed by atoms with van der Waals surface area (Å²) in [6.45, 7) is 6.74. The molecule has 0 aliphatic heterocycles. The number of rotatable bonds is 14. The third kappa shape index (κ3) is 14.3. The van der Waals surface area contributed by atoms with Gasteiger partial charge in [0.2, 0.25) is 0 Å². The SMILES string of the molecule is CCNC(=NCCCOCCOC)NCCCCCc1ccccc1.I. The van der Waals surface area contributed by atoms with Crippen molar-refractivity contribution in [3.8, 4) is 0 Å². The molecule has 0 radical (unpaired) electrons. The summed E-state index contributed by atoms with van der Waals surface area (Å²) < 4.78 is 10.4. The monoisotopic (exact) mass is 477 g/mol. The van der Waals surface area contributed by atoms with Gasteiger partial charge in [0.15, 0.2) is 5.96 Å². The Kier molecular flexibility index (Phi) is 18.3. The summed E-state index contributed by atoms with van der Waals surface area (Å²) in [7, 11) is 1.68. The maximum Gasteiger partial charge on any atom is 0.191 e. The molecule has 150 valence electrons. The van der Waals surface area contributed by atoms with Gasteiger partial charge < -0.3 is 20.1 Å². The van der Waals surface area contributed by atoms with E-state index in [-0.39, 0.29) is 24.0 Å². The van der Waals surface area contributed by atoms with Gasteiger partial charge in [-0.2, -0.15) is 0 Å². The van der Waals surface area contributed by atoms with E-state index in [9.17, 15) is 0 Å². The number of hydrogen-bond donors (Lipinski definition) is 2. The first kappa shape index (κ1) is 25.1. The van der Waals surface area contributed by atoms with Crippen molar-refractivity contribution in [2.45, 2.75) is 39.0 Å². The molecule has 0 spiro atoms. The summed E-state index contributed by atoms with van der Waals surface area (Å²) in [4.78, 5) is 4.58. The standard InChI is InChI=1S/C20H35N3O2.HI/c1-3-21-20(23-15-10-16-25-18-17-24-2)22-14-9-5-8-13-19-11-6-4-7-12-19;/h4,6-7,11-12H,3,5,8-10,13-18H2,1-2H3,(H2,21,22,23);1H. The van der Waals surface area contributed by atoms with E-state index in [1.54, 1.807) is 7.11 Å². The largest absolute Gasteiger partial charge is 0.382 e. The van der Waals surface area contributed by atoms with Crippen LogP contribution in [0.3, 0.4) is 0 Å². The smallest absolute Gasteiger partial charge is 0.191 e. The first-order valence-corrected chi connectivity index (χ1v) is 9.49. The minimum Gasteiger partial charge on any atom is -0.382 e. The minimum absolute atomic E-state index is 0. The van der Waals surface area contributed by atoms with Crippen LogP contribution in [0.2, 0.25) is 0 Å². The number of methoxy groups -OCH3 is 1. The molecule has 1 rings (SSSR count). The summed E-state index contributed by atoms with van der Waals surface area (Å²) in [5.41, 5.74) is 1.43. The van der Waals surface area contributed by atoms with Crippen LogP contribution in [-0.4, -0.2) is 52.5 Å². The lowest BCUT2D eigenvalue weighted by Crippen LogP contribution is -2.37. The molecule has 0 fully saturated rings. The van der Waals surface area contributed by atoms with E-state index < -0.39 is 0 Å². The van der Waals surface area contributed by atoms with Crippen molar-refractivity contribution in [1.29, 1.82) is 0 Å². The molecular weight excluding hydrogens is 441 g/mol. The van der Waals surface area contributed by atoms with Gasteiger partial charge in [-0.3, -0.25) is 4.99 Å². The highest BCUT2D eigenvalue weighted by atomic mass is 127. The van der Waals surface area contributed by atoms with Gasteiger partial charge in [-0.1, -0.05) is 36.8 Å². The zero-order valence-electron chi connectivity index (χ0n) is 16.3. The Morgan fingerprint density at radius 3 is 2.50 bits per heavy atom. The molecule has 26 heavy (non-hydrogen) atoms. The summed E-state index contributed by atoms with van der Waals surface area (Å²) in [6.07, 6.45) is 5.72. The quantitative estimate of drug-likeness (QED) is 0.186. The number of benzene rings is 1. The van der Waals surface area contributed by atoms with Gasteiger partial charge in [0.1, 0.15) is 0 Å². The highest BCUT2D eigenvalue weighted by Crippen LogP contribution is 2.05.